The molecular formula is C14H16N2O. The lowest BCUT2D eigenvalue weighted by molar-refractivity contribution is 0.471. The molecule has 1 aliphatic carbocycles. The van der Waals surface area contributed by atoms with Gasteiger partial charge in [0.05, 0.1) is 11.7 Å². The van der Waals surface area contributed by atoms with E-state index in [9.17, 15) is 5.11 Å². The fraction of sp³-hybridized carbons (Fsp3) is 0.357. The number of rotatable bonds is 2. The standard InChI is InChI=1S/C14H16N2O/c1-9-8-14(17)10(2)7-12(9)13-5-6-16(15-13)11-3-4-11/h5-8,11,17H,3-4H2,1-2H3. The summed E-state index contributed by atoms with van der Waals surface area (Å²) in [5.74, 6) is 0.355. The van der Waals surface area contributed by atoms with Crippen molar-refractivity contribution in [2.45, 2.75) is 32.7 Å². The van der Waals surface area contributed by atoms with E-state index in [-0.39, 0.29) is 0 Å². The van der Waals surface area contributed by atoms with Crippen LogP contribution in [0.3, 0.4) is 0 Å². The maximum absolute atomic E-state index is 9.65. The van der Waals surface area contributed by atoms with E-state index in [0.717, 1.165) is 22.4 Å². The van der Waals surface area contributed by atoms with Crippen molar-refractivity contribution in [1.29, 1.82) is 0 Å². The van der Waals surface area contributed by atoms with Gasteiger partial charge in [-0.15, -0.1) is 0 Å². The third kappa shape index (κ3) is 1.82. The van der Waals surface area contributed by atoms with Crippen LogP contribution in [0.15, 0.2) is 24.4 Å². The zero-order valence-electron chi connectivity index (χ0n) is 10.1. The molecule has 3 heteroatoms. The summed E-state index contributed by atoms with van der Waals surface area (Å²) in [5, 5.41) is 14.3. The van der Waals surface area contributed by atoms with Crippen molar-refractivity contribution < 1.29 is 5.11 Å². The monoisotopic (exact) mass is 228 g/mol. The highest BCUT2D eigenvalue weighted by atomic mass is 16.3. The first-order valence-corrected chi connectivity index (χ1v) is 6.01. The Labute approximate surface area is 101 Å². The third-order valence-corrected chi connectivity index (χ3v) is 3.35. The minimum Gasteiger partial charge on any atom is -0.508 e. The number of aryl methyl sites for hydroxylation is 2. The minimum atomic E-state index is 0.355. The molecule has 1 fully saturated rings. The molecule has 1 N–H and O–H groups in total. The summed E-state index contributed by atoms with van der Waals surface area (Å²) in [4.78, 5) is 0. The maximum atomic E-state index is 9.65. The Morgan fingerprint density at radius 1 is 1.24 bits per heavy atom. The van der Waals surface area contributed by atoms with Crippen LogP contribution in [0.5, 0.6) is 5.75 Å². The summed E-state index contributed by atoms with van der Waals surface area (Å²) in [6, 6.07) is 6.48. The van der Waals surface area contributed by atoms with Gasteiger partial charge in [-0.2, -0.15) is 5.10 Å². The lowest BCUT2D eigenvalue weighted by atomic mass is 10.0. The van der Waals surface area contributed by atoms with E-state index in [4.69, 9.17) is 0 Å². The van der Waals surface area contributed by atoms with Crippen LogP contribution < -0.4 is 0 Å². The highest BCUT2D eigenvalue weighted by Gasteiger charge is 2.24. The topological polar surface area (TPSA) is 38.0 Å². The van der Waals surface area contributed by atoms with Gasteiger partial charge in [0.2, 0.25) is 0 Å². The Hall–Kier alpha value is -1.77. The van der Waals surface area contributed by atoms with E-state index in [2.05, 4.69) is 22.0 Å². The number of aromatic hydroxyl groups is 1. The molecule has 1 aliphatic rings. The highest BCUT2D eigenvalue weighted by molar-refractivity contribution is 5.65. The second kappa shape index (κ2) is 3.62. The van der Waals surface area contributed by atoms with Gasteiger partial charge in [-0.05, 0) is 56.0 Å². The van der Waals surface area contributed by atoms with E-state index in [0.29, 0.717) is 11.8 Å². The molecule has 0 bridgehead atoms. The number of nitrogens with zero attached hydrogens (tertiary/aromatic N) is 2. The van der Waals surface area contributed by atoms with Crippen molar-refractivity contribution in [1.82, 2.24) is 9.78 Å². The van der Waals surface area contributed by atoms with Crippen molar-refractivity contribution in [3.05, 3.63) is 35.5 Å². The van der Waals surface area contributed by atoms with E-state index in [1.54, 1.807) is 6.07 Å². The SMILES string of the molecule is Cc1cc(-c2ccn(C3CC3)n2)c(C)cc1O. The first kappa shape index (κ1) is 10.4. The summed E-state index contributed by atoms with van der Waals surface area (Å²) >= 11 is 0. The molecule has 0 atom stereocenters. The molecule has 0 unspecified atom stereocenters. The van der Waals surface area contributed by atoms with Crippen LogP contribution in [0.25, 0.3) is 11.3 Å². The van der Waals surface area contributed by atoms with Gasteiger partial charge in [-0.25, -0.2) is 0 Å². The van der Waals surface area contributed by atoms with Gasteiger partial charge >= 0.3 is 0 Å². The fourth-order valence-corrected chi connectivity index (χ4v) is 2.10. The molecule has 17 heavy (non-hydrogen) atoms. The van der Waals surface area contributed by atoms with Gasteiger partial charge in [0.1, 0.15) is 5.75 Å². The molecule has 1 saturated carbocycles. The van der Waals surface area contributed by atoms with Crippen LogP contribution >= 0.6 is 0 Å². The van der Waals surface area contributed by atoms with E-state index in [1.165, 1.54) is 12.8 Å². The first-order valence-electron chi connectivity index (χ1n) is 6.01. The van der Waals surface area contributed by atoms with Crippen LogP contribution in [0, 0.1) is 13.8 Å². The van der Waals surface area contributed by atoms with Crippen LogP contribution in [-0.4, -0.2) is 14.9 Å². The van der Waals surface area contributed by atoms with Crippen molar-refractivity contribution in [2.75, 3.05) is 0 Å². The summed E-state index contributed by atoms with van der Waals surface area (Å²) in [7, 11) is 0. The van der Waals surface area contributed by atoms with Gasteiger partial charge in [-0.1, -0.05) is 0 Å². The largest absolute Gasteiger partial charge is 0.508 e. The molecule has 2 aromatic rings. The Kier molecular flexibility index (Phi) is 2.21. The Morgan fingerprint density at radius 3 is 2.71 bits per heavy atom. The zero-order chi connectivity index (χ0) is 12.0. The number of hydrogen-bond acceptors (Lipinski definition) is 2. The fourth-order valence-electron chi connectivity index (χ4n) is 2.10. The molecule has 88 valence electrons. The van der Waals surface area contributed by atoms with Gasteiger partial charge in [0.25, 0.3) is 0 Å². The van der Waals surface area contributed by atoms with Gasteiger partial charge in [-0.3, -0.25) is 4.68 Å². The van der Waals surface area contributed by atoms with Gasteiger partial charge in [0.15, 0.2) is 0 Å². The van der Waals surface area contributed by atoms with Crippen LogP contribution in [0.1, 0.15) is 30.0 Å². The average molecular weight is 228 g/mol. The normalized spacial score (nSPS) is 15.2. The lowest BCUT2D eigenvalue weighted by Gasteiger charge is -2.06. The molecule has 0 spiro atoms. The number of benzene rings is 1. The Bertz CT molecular complexity index is 568. The molecule has 1 aromatic heterocycles. The quantitative estimate of drug-likeness (QED) is 0.857. The molecule has 0 amide bonds. The lowest BCUT2D eigenvalue weighted by Crippen LogP contribution is -1.94. The van der Waals surface area contributed by atoms with E-state index >= 15 is 0 Å². The molecule has 1 aromatic carbocycles. The van der Waals surface area contributed by atoms with Crippen LogP contribution in [0.4, 0.5) is 0 Å². The minimum absolute atomic E-state index is 0.355. The molecule has 3 nitrogen and oxygen atoms in total. The summed E-state index contributed by atoms with van der Waals surface area (Å²) in [6.45, 7) is 3.92. The maximum Gasteiger partial charge on any atom is 0.118 e. The number of aromatic nitrogens is 2. The van der Waals surface area contributed by atoms with Crippen molar-refractivity contribution >= 4 is 0 Å². The van der Waals surface area contributed by atoms with Gasteiger partial charge in [0, 0.05) is 11.8 Å². The number of phenols is 1. The smallest absolute Gasteiger partial charge is 0.118 e. The predicted molar refractivity (Wildman–Crippen MR) is 67.1 cm³/mol. The third-order valence-electron chi connectivity index (χ3n) is 3.35. The van der Waals surface area contributed by atoms with Gasteiger partial charge < -0.3 is 5.11 Å². The van der Waals surface area contributed by atoms with Crippen molar-refractivity contribution in [2.24, 2.45) is 0 Å². The second-order valence-corrected chi connectivity index (χ2v) is 4.87. The van der Waals surface area contributed by atoms with Crippen LogP contribution in [-0.2, 0) is 0 Å². The van der Waals surface area contributed by atoms with Crippen LogP contribution in [0.2, 0.25) is 0 Å². The molecular weight excluding hydrogens is 212 g/mol. The van der Waals surface area contributed by atoms with E-state index in [1.807, 2.05) is 19.9 Å². The molecule has 0 aliphatic heterocycles. The number of phenolic OH excluding ortho intramolecular Hbond substituents is 1. The Morgan fingerprint density at radius 2 is 2.00 bits per heavy atom. The summed E-state index contributed by atoms with van der Waals surface area (Å²) in [5.41, 5.74) is 4.07. The molecule has 0 saturated heterocycles. The summed E-state index contributed by atoms with van der Waals surface area (Å²) in [6.07, 6.45) is 4.54. The average Bonchev–Trinajstić information content (AvgIpc) is 3.03. The molecule has 1 heterocycles. The van der Waals surface area contributed by atoms with Crippen molar-refractivity contribution in [3.8, 4) is 17.0 Å². The molecule has 3 rings (SSSR count). The number of hydrogen-bond donors (Lipinski definition) is 1. The summed E-state index contributed by atoms with van der Waals surface area (Å²) < 4.78 is 2.05. The zero-order valence-corrected chi connectivity index (χ0v) is 10.1. The second-order valence-electron chi connectivity index (χ2n) is 4.87. The van der Waals surface area contributed by atoms with E-state index < -0.39 is 0 Å². The Balaban J connectivity index is 2.04. The first-order chi connectivity index (χ1) is 8.15. The molecule has 0 radical (unpaired) electrons. The van der Waals surface area contributed by atoms with Crippen molar-refractivity contribution in [3.63, 3.8) is 0 Å². The highest BCUT2D eigenvalue weighted by Crippen LogP contribution is 2.35. The predicted octanol–water partition coefficient (Wildman–Crippen LogP) is 3.21.